The number of carbonyl (C=O) groups excluding carboxylic acids is 1. The molecule has 0 aromatic heterocycles. The maximum atomic E-state index is 11.8. The number of rotatable bonds is 8. The molecule has 4 nitrogen and oxygen atoms in total. The molecule has 1 aromatic carbocycles. The highest BCUT2D eigenvalue weighted by atomic mass is 35.5. The van der Waals surface area contributed by atoms with Crippen LogP contribution in [0.4, 0.5) is 0 Å². The second-order valence-electron chi connectivity index (χ2n) is 5.05. The van der Waals surface area contributed by atoms with Crippen LogP contribution in [0.15, 0.2) is 30.3 Å². The molecule has 1 N–H and O–H groups in total. The van der Waals surface area contributed by atoms with Gasteiger partial charge in [0.1, 0.15) is 12.4 Å². The fourth-order valence-corrected chi connectivity index (χ4v) is 1.78. The monoisotopic (exact) mass is 298 g/mol. The first-order chi connectivity index (χ1) is 9.25. The number of halogens is 1. The van der Waals surface area contributed by atoms with Gasteiger partial charge in [-0.1, -0.05) is 18.2 Å². The summed E-state index contributed by atoms with van der Waals surface area (Å²) in [5.41, 5.74) is 0. The van der Waals surface area contributed by atoms with Crippen LogP contribution in [0.3, 0.4) is 0 Å². The first kappa shape index (κ1) is 16.8. The molecule has 112 valence electrons. The van der Waals surface area contributed by atoms with Crippen LogP contribution in [0, 0.1) is 5.92 Å². The predicted octanol–water partition coefficient (Wildman–Crippen LogP) is 1.95. The molecule has 1 aromatic rings. The van der Waals surface area contributed by atoms with Crippen LogP contribution in [0.5, 0.6) is 5.75 Å². The lowest BCUT2D eigenvalue weighted by Gasteiger charge is -2.17. The van der Waals surface area contributed by atoms with Crippen molar-refractivity contribution in [1.82, 2.24) is 10.2 Å². The second-order valence-corrected chi connectivity index (χ2v) is 5.05. The highest BCUT2D eigenvalue weighted by molar-refractivity contribution is 5.85. The van der Waals surface area contributed by atoms with E-state index in [2.05, 4.69) is 5.32 Å². The molecule has 1 amide bonds. The minimum Gasteiger partial charge on any atom is -0.492 e. The SMILES string of the molecule is CN(CCOc1ccccc1)C(=O)CNCC1CC1.Cl. The number of para-hydroxylation sites is 1. The number of hydrogen-bond acceptors (Lipinski definition) is 3. The van der Waals surface area contributed by atoms with Crippen LogP contribution in [0.2, 0.25) is 0 Å². The number of carbonyl (C=O) groups is 1. The highest BCUT2D eigenvalue weighted by Crippen LogP contribution is 2.27. The summed E-state index contributed by atoms with van der Waals surface area (Å²) in [6.45, 7) is 2.53. The Balaban J connectivity index is 0.00000200. The Morgan fingerprint density at radius 3 is 2.70 bits per heavy atom. The van der Waals surface area contributed by atoms with Gasteiger partial charge in [-0.05, 0) is 37.4 Å². The summed E-state index contributed by atoms with van der Waals surface area (Å²) in [6, 6.07) is 9.66. The van der Waals surface area contributed by atoms with Gasteiger partial charge in [0.25, 0.3) is 0 Å². The van der Waals surface area contributed by atoms with E-state index in [0.29, 0.717) is 19.7 Å². The Hall–Kier alpha value is -1.26. The first-order valence-electron chi connectivity index (χ1n) is 6.88. The van der Waals surface area contributed by atoms with E-state index >= 15 is 0 Å². The van der Waals surface area contributed by atoms with Crippen LogP contribution in [0.25, 0.3) is 0 Å². The number of amides is 1. The van der Waals surface area contributed by atoms with Gasteiger partial charge < -0.3 is 15.0 Å². The summed E-state index contributed by atoms with van der Waals surface area (Å²) >= 11 is 0. The summed E-state index contributed by atoms with van der Waals surface area (Å²) in [7, 11) is 1.81. The third-order valence-corrected chi connectivity index (χ3v) is 3.27. The predicted molar refractivity (Wildman–Crippen MR) is 82.4 cm³/mol. The van der Waals surface area contributed by atoms with E-state index in [1.807, 2.05) is 37.4 Å². The fraction of sp³-hybridized carbons (Fsp3) is 0.533. The number of nitrogens with one attached hydrogen (secondary N) is 1. The zero-order valence-corrected chi connectivity index (χ0v) is 12.7. The number of likely N-dealkylation sites (N-methyl/N-ethyl adjacent to an activating group) is 1. The van der Waals surface area contributed by atoms with E-state index in [4.69, 9.17) is 4.74 Å². The molecule has 0 heterocycles. The molecule has 5 heteroatoms. The van der Waals surface area contributed by atoms with Gasteiger partial charge in [0.15, 0.2) is 0 Å². The molecular weight excluding hydrogens is 276 g/mol. The van der Waals surface area contributed by atoms with Crippen molar-refractivity contribution in [3.05, 3.63) is 30.3 Å². The molecule has 0 unspecified atom stereocenters. The summed E-state index contributed by atoms with van der Waals surface area (Å²) in [5, 5.41) is 3.20. The third kappa shape index (κ3) is 6.26. The van der Waals surface area contributed by atoms with Crippen molar-refractivity contribution in [3.63, 3.8) is 0 Å². The van der Waals surface area contributed by atoms with Crippen LogP contribution in [-0.4, -0.2) is 44.1 Å². The Labute approximate surface area is 126 Å². The van der Waals surface area contributed by atoms with Gasteiger partial charge in [-0.2, -0.15) is 0 Å². The van der Waals surface area contributed by atoms with Crippen molar-refractivity contribution in [2.75, 3.05) is 33.3 Å². The fourth-order valence-electron chi connectivity index (χ4n) is 1.78. The first-order valence-corrected chi connectivity index (χ1v) is 6.88. The lowest BCUT2D eigenvalue weighted by molar-refractivity contribution is -0.129. The molecule has 1 aliphatic rings. The number of ether oxygens (including phenoxy) is 1. The topological polar surface area (TPSA) is 41.6 Å². The smallest absolute Gasteiger partial charge is 0.236 e. The van der Waals surface area contributed by atoms with Crippen LogP contribution < -0.4 is 10.1 Å². The highest BCUT2D eigenvalue weighted by Gasteiger charge is 2.20. The molecule has 1 aliphatic carbocycles. The average Bonchev–Trinajstić information content (AvgIpc) is 3.24. The molecule has 1 fully saturated rings. The lowest BCUT2D eigenvalue weighted by Crippen LogP contribution is -2.38. The van der Waals surface area contributed by atoms with Gasteiger partial charge in [0.2, 0.25) is 5.91 Å². The number of benzene rings is 1. The van der Waals surface area contributed by atoms with Gasteiger partial charge in [-0.15, -0.1) is 12.4 Å². The van der Waals surface area contributed by atoms with E-state index in [1.54, 1.807) is 4.90 Å². The molecule has 20 heavy (non-hydrogen) atoms. The molecule has 0 atom stereocenters. The number of nitrogens with zero attached hydrogens (tertiary/aromatic N) is 1. The maximum absolute atomic E-state index is 11.8. The van der Waals surface area contributed by atoms with Crippen molar-refractivity contribution in [1.29, 1.82) is 0 Å². The Kier molecular flexibility index (Phi) is 7.41. The molecule has 0 aliphatic heterocycles. The van der Waals surface area contributed by atoms with E-state index in [-0.39, 0.29) is 18.3 Å². The van der Waals surface area contributed by atoms with Crippen LogP contribution in [-0.2, 0) is 4.79 Å². The summed E-state index contributed by atoms with van der Waals surface area (Å²) in [5.74, 6) is 1.77. The zero-order chi connectivity index (χ0) is 13.5. The van der Waals surface area contributed by atoms with Crippen molar-refractivity contribution < 1.29 is 9.53 Å². The van der Waals surface area contributed by atoms with E-state index in [9.17, 15) is 4.79 Å². The van der Waals surface area contributed by atoms with Crippen molar-refractivity contribution in [3.8, 4) is 5.75 Å². The largest absolute Gasteiger partial charge is 0.492 e. The summed E-state index contributed by atoms with van der Waals surface area (Å²) in [4.78, 5) is 13.5. The minimum atomic E-state index is 0. The van der Waals surface area contributed by atoms with E-state index in [1.165, 1.54) is 12.8 Å². The Morgan fingerprint density at radius 1 is 1.35 bits per heavy atom. The molecule has 0 saturated heterocycles. The van der Waals surface area contributed by atoms with Crippen molar-refractivity contribution >= 4 is 18.3 Å². The summed E-state index contributed by atoms with van der Waals surface area (Å²) < 4.78 is 5.57. The zero-order valence-electron chi connectivity index (χ0n) is 11.9. The van der Waals surface area contributed by atoms with Crippen molar-refractivity contribution in [2.24, 2.45) is 5.92 Å². The average molecular weight is 299 g/mol. The van der Waals surface area contributed by atoms with E-state index < -0.39 is 0 Å². The standard InChI is InChI=1S/C15H22N2O2.ClH/c1-17(15(18)12-16-11-13-7-8-13)9-10-19-14-5-3-2-4-6-14;/h2-6,13,16H,7-12H2,1H3;1H. The van der Waals surface area contributed by atoms with Gasteiger partial charge in [-0.25, -0.2) is 0 Å². The van der Waals surface area contributed by atoms with Gasteiger partial charge in [0, 0.05) is 7.05 Å². The van der Waals surface area contributed by atoms with Gasteiger partial charge in [-0.3, -0.25) is 4.79 Å². The molecule has 1 saturated carbocycles. The molecule has 2 rings (SSSR count). The maximum Gasteiger partial charge on any atom is 0.236 e. The van der Waals surface area contributed by atoms with Gasteiger partial charge >= 0.3 is 0 Å². The normalized spacial score (nSPS) is 13.4. The molecule has 0 bridgehead atoms. The third-order valence-electron chi connectivity index (χ3n) is 3.27. The molecule has 0 spiro atoms. The Bertz CT molecular complexity index is 396. The van der Waals surface area contributed by atoms with Gasteiger partial charge in [0.05, 0.1) is 13.1 Å². The molecule has 0 radical (unpaired) electrons. The summed E-state index contributed by atoms with van der Waals surface area (Å²) in [6.07, 6.45) is 2.61. The van der Waals surface area contributed by atoms with Crippen LogP contribution in [0.1, 0.15) is 12.8 Å². The number of hydrogen-bond donors (Lipinski definition) is 1. The quantitative estimate of drug-likeness (QED) is 0.797. The second kappa shape index (κ2) is 8.82. The minimum absolute atomic E-state index is 0. The van der Waals surface area contributed by atoms with E-state index in [0.717, 1.165) is 18.2 Å². The Morgan fingerprint density at radius 2 is 2.05 bits per heavy atom. The lowest BCUT2D eigenvalue weighted by atomic mass is 10.3. The van der Waals surface area contributed by atoms with Crippen molar-refractivity contribution in [2.45, 2.75) is 12.8 Å². The van der Waals surface area contributed by atoms with Crippen LogP contribution >= 0.6 is 12.4 Å². The molecular formula is C15H23ClN2O2.